The number of likely N-dealkylation sites (tertiary alicyclic amines) is 2. The summed E-state index contributed by atoms with van der Waals surface area (Å²) in [5.41, 5.74) is 4.25. The fourth-order valence-corrected chi connectivity index (χ4v) is 6.06. The standard InChI is InChI=1S/C33H43N5O2/c1-36(29-18-21-38(23-29)22-26-10-4-2-5-11-26)24-30(39)25-37-19-16-28(17-20-37)34-33(40)35-32-15-9-8-14-31(32)27-12-6-3-7-13-27/h2-15,28-30,39H,16-25H2,1H3,(H2,34,35,40)/t29-,30?/m1/s1. The molecule has 3 aromatic carbocycles. The molecule has 3 N–H and O–H groups in total. The van der Waals surface area contributed by atoms with Gasteiger partial charge in [-0.1, -0.05) is 78.9 Å². The zero-order chi connectivity index (χ0) is 27.7. The summed E-state index contributed by atoms with van der Waals surface area (Å²) in [7, 11) is 2.14. The number of β-amino-alcohol motifs (C(OH)–C–C–N with tert-alkyl or cyclic N) is 1. The van der Waals surface area contributed by atoms with E-state index in [0.29, 0.717) is 19.1 Å². The van der Waals surface area contributed by atoms with Crippen molar-refractivity contribution < 1.29 is 9.90 Å². The second kappa shape index (κ2) is 13.9. The maximum absolute atomic E-state index is 12.8. The highest BCUT2D eigenvalue weighted by atomic mass is 16.3. The molecule has 0 aliphatic carbocycles. The molecule has 2 amide bonds. The zero-order valence-electron chi connectivity index (χ0n) is 23.6. The SMILES string of the molecule is CN(CC(O)CN1CCC(NC(=O)Nc2ccccc2-c2ccccc2)CC1)[C@@H]1CCN(Cc2ccccc2)C1. The topological polar surface area (TPSA) is 71.1 Å². The Morgan fingerprint density at radius 1 is 0.900 bits per heavy atom. The minimum Gasteiger partial charge on any atom is -0.390 e. The maximum Gasteiger partial charge on any atom is 0.319 e. The molecule has 5 rings (SSSR count). The molecule has 40 heavy (non-hydrogen) atoms. The first-order valence-corrected chi connectivity index (χ1v) is 14.6. The van der Waals surface area contributed by atoms with Crippen molar-refractivity contribution in [1.29, 1.82) is 0 Å². The van der Waals surface area contributed by atoms with E-state index in [4.69, 9.17) is 0 Å². The molecule has 0 bridgehead atoms. The van der Waals surface area contributed by atoms with Gasteiger partial charge >= 0.3 is 6.03 Å². The number of hydrogen-bond acceptors (Lipinski definition) is 5. The molecule has 2 aliphatic heterocycles. The molecular weight excluding hydrogens is 498 g/mol. The average Bonchev–Trinajstić information content (AvgIpc) is 3.44. The highest BCUT2D eigenvalue weighted by Gasteiger charge is 2.28. The van der Waals surface area contributed by atoms with E-state index < -0.39 is 0 Å². The number of hydrogen-bond donors (Lipinski definition) is 3. The van der Waals surface area contributed by atoms with Crippen LogP contribution in [0.2, 0.25) is 0 Å². The van der Waals surface area contributed by atoms with Gasteiger partial charge in [0.1, 0.15) is 0 Å². The van der Waals surface area contributed by atoms with E-state index in [0.717, 1.165) is 68.8 Å². The number of carbonyl (C=O) groups excluding carboxylic acids is 1. The van der Waals surface area contributed by atoms with Crippen molar-refractivity contribution >= 4 is 11.7 Å². The lowest BCUT2D eigenvalue weighted by molar-refractivity contribution is 0.0598. The summed E-state index contributed by atoms with van der Waals surface area (Å²) in [6.45, 7) is 6.26. The van der Waals surface area contributed by atoms with Crippen LogP contribution in [0.25, 0.3) is 11.1 Å². The van der Waals surface area contributed by atoms with Gasteiger partial charge in [-0.05, 0) is 43.5 Å². The molecule has 2 aliphatic rings. The normalized spacial score (nSPS) is 19.5. The third-order valence-electron chi connectivity index (χ3n) is 8.27. The quantitative estimate of drug-likeness (QED) is 0.353. The summed E-state index contributed by atoms with van der Waals surface area (Å²) >= 11 is 0. The molecule has 2 fully saturated rings. The molecule has 3 aromatic rings. The lowest BCUT2D eigenvalue weighted by Gasteiger charge is -2.35. The number of carbonyl (C=O) groups is 1. The van der Waals surface area contributed by atoms with E-state index >= 15 is 0 Å². The number of amides is 2. The van der Waals surface area contributed by atoms with E-state index in [1.165, 1.54) is 5.56 Å². The molecule has 7 heteroatoms. The second-order valence-electron chi connectivity index (χ2n) is 11.3. The van der Waals surface area contributed by atoms with Gasteiger partial charge in [0.2, 0.25) is 0 Å². The van der Waals surface area contributed by atoms with Crippen molar-refractivity contribution in [2.24, 2.45) is 0 Å². The first kappa shape index (κ1) is 28.3. The van der Waals surface area contributed by atoms with Crippen LogP contribution in [-0.2, 0) is 6.54 Å². The molecule has 2 atom stereocenters. The summed E-state index contributed by atoms with van der Waals surface area (Å²) in [4.78, 5) is 20.0. The summed E-state index contributed by atoms with van der Waals surface area (Å²) in [5.74, 6) is 0. The Hall–Kier alpha value is -3.23. The number of nitrogens with one attached hydrogen (secondary N) is 2. The van der Waals surface area contributed by atoms with Crippen molar-refractivity contribution in [3.8, 4) is 11.1 Å². The Bertz CT molecular complexity index is 1200. The highest BCUT2D eigenvalue weighted by molar-refractivity contribution is 5.94. The van der Waals surface area contributed by atoms with Gasteiger partial charge in [-0.25, -0.2) is 4.79 Å². The smallest absolute Gasteiger partial charge is 0.319 e. The van der Waals surface area contributed by atoms with Crippen molar-refractivity contribution in [2.45, 2.75) is 44.0 Å². The van der Waals surface area contributed by atoms with Gasteiger partial charge in [0.15, 0.2) is 0 Å². The van der Waals surface area contributed by atoms with Gasteiger partial charge in [-0.2, -0.15) is 0 Å². The Balaban J connectivity index is 1.01. The molecule has 0 spiro atoms. The van der Waals surface area contributed by atoms with Crippen LogP contribution in [0.1, 0.15) is 24.8 Å². The number of aliphatic hydroxyl groups is 1. The fourth-order valence-electron chi connectivity index (χ4n) is 6.06. The lowest BCUT2D eigenvalue weighted by Crippen LogP contribution is -2.49. The summed E-state index contributed by atoms with van der Waals surface area (Å²) in [5, 5.41) is 17.1. The summed E-state index contributed by atoms with van der Waals surface area (Å²) in [6.07, 6.45) is 2.53. The zero-order valence-corrected chi connectivity index (χ0v) is 23.6. The van der Waals surface area contributed by atoms with Crippen LogP contribution >= 0.6 is 0 Å². The van der Waals surface area contributed by atoms with Gasteiger partial charge in [-0.3, -0.25) is 9.80 Å². The van der Waals surface area contributed by atoms with Gasteiger partial charge in [-0.15, -0.1) is 0 Å². The second-order valence-corrected chi connectivity index (χ2v) is 11.3. The predicted molar refractivity (Wildman–Crippen MR) is 162 cm³/mol. The van der Waals surface area contributed by atoms with Crippen molar-refractivity contribution in [3.05, 3.63) is 90.5 Å². The minimum absolute atomic E-state index is 0.133. The number of urea groups is 1. The number of rotatable bonds is 10. The van der Waals surface area contributed by atoms with Crippen molar-refractivity contribution in [1.82, 2.24) is 20.0 Å². The number of para-hydroxylation sites is 1. The van der Waals surface area contributed by atoms with Crippen LogP contribution in [0, 0.1) is 0 Å². The number of benzene rings is 3. The Labute approximate surface area is 238 Å². The molecule has 0 saturated carbocycles. The van der Waals surface area contributed by atoms with E-state index in [-0.39, 0.29) is 18.2 Å². The van der Waals surface area contributed by atoms with Crippen LogP contribution in [-0.4, -0.2) is 90.3 Å². The Kier molecular flexibility index (Phi) is 9.84. The largest absolute Gasteiger partial charge is 0.390 e. The third kappa shape index (κ3) is 7.92. The number of anilines is 1. The third-order valence-corrected chi connectivity index (χ3v) is 8.27. The highest BCUT2D eigenvalue weighted by Crippen LogP contribution is 2.27. The van der Waals surface area contributed by atoms with E-state index in [1.54, 1.807) is 0 Å². The number of nitrogens with zero attached hydrogens (tertiary/aromatic N) is 3. The predicted octanol–water partition coefficient (Wildman–Crippen LogP) is 4.51. The van der Waals surface area contributed by atoms with Crippen LogP contribution in [0.15, 0.2) is 84.9 Å². The van der Waals surface area contributed by atoms with Crippen molar-refractivity contribution in [3.63, 3.8) is 0 Å². The summed E-state index contributed by atoms with van der Waals surface area (Å²) in [6, 6.07) is 29.1. The number of aliphatic hydroxyl groups excluding tert-OH is 1. The Morgan fingerprint density at radius 3 is 2.30 bits per heavy atom. The monoisotopic (exact) mass is 541 g/mol. The van der Waals surface area contributed by atoms with Gasteiger partial charge in [0, 0.05) is 63.5 Å². The molecule has 1 unspecified atom stereocenters. The van der Waals surface area contributed by atoms with Crippen LogP contribution in [0.5, 0.6) is 0 Å². The molecule has 0 aromatic heterocycles. The van der Waals surface area contributed by atoms with E-state index in [2.05, 4.69) is 74.8 Å². The molecule has 0 radical (unpaired) electrons. The Morgan fingerprint density at radius 2 is 1.55 bits per heavy atom. The number of piperidine rings is 1. The van der Waals surface area contributed by atoms with Gasteiger partial charge < -0.3 is 20.6 Å². The lowest BCUT2D eigenvalue weighted by atomic mass is 10.0. The maximum atomic E-state index is 12.8. The molecule has 212 valence electrons. The average molecular weight is 542 g/mol. The van der Waals surface area contributed by atoms with Crippen LogP contribution in [0.3, 0.4) is 0 Å². The van der Waals surface area contributed by atoms with E-state index in [9.17, 15) is 9.90 Å². The first-order chi connectivity index (χ1) is 19.5. The van der Waals surface area contributed by atoms with Crippen LogP contribution < -0.4 is 10.6 Å². The summed E-state index contributed by atoms with van der Waals surface area (Å²) < 4.78 is 0. The minimum atomic E-state index is -0.379. The molecule has 2 heterocycles. The molecule has 2 saturated heterocycles. The number of likely N-dealkylation sites (N-methyl/N-ethyl adjacent to an activating group) is 1. The molecule has 7 nitrogen and oxygen atoms in total. The van der Waals surface area contributed by atoms with Gasteiger partial charge in [0.05, 0.1) is 11.8 Å². The fraction of sp³-hybridized carbons (Fsp3) is 0.424. The molecular formula is C33H43N5O2. The van der Waals surface area contributed by atoms with E-state index in [1.807, 2.05) is 42.5 Å². The van der Waals surface area contributed by atoms with Crippen LogP contribution in [0.4, 0.5) is 10.5 Å². The van der Waals surface area contributed by atoms with Gasteiger partial charge in [0.25, 0.3) is 0 Å². The first-order valence-electron chi connectivity index (χ1n) is 14.6. The van der Waals surface area contributed by atoms with Crippen molar-refractivity contribution in [2.75, 3.05) is 51.6 Å².